The van der Waals surface area contributed by atoms with Gasteiger partial charge in [0.2, 0.25) is 11.8 Å². The second kappa shape index (κ2) is 4.57. The van der Waals surface area contributed by atoms with Crippen LogP contribution >= 0.6 is 0 Å². The lowest BCUT2D eigenvalue weighted by atomic mass is 10.0. The predicted molar refractivity (Wildman–Crippen MR) is 65.9 cm³/mol. The summed E-state index contributed by atoms with van der Waals surface area (Å²) in [6.07, 6.45) is 0.850. The zero-order valence-corrected chi connectivity index (χ0v) is 10.1. The quantitative estimate of drug-likeness (QED) is 0.827. The van der Waals surface area contributed by atoms with Crippen LogP contribution in [0.25, 0.3) is 0 Å². The SMILES string of the molecule is CCc1cccc(C)c1N1CC(=O)NCC1=O. The van der Waals surface area contributed by atoms with Gasteiger partial charge >= 0.3 is 0 Å². The first-order valence-corrected chi connectivity index (χ1v) is 5.79. The number of rotatable bonds is 2. The normalized spacial score (nSPS) is 16.0. The van der Waals surface area contributed by atoms with Crippen molar-refractivity contribution in [2.24, 2.45) is 0 Å². The number of aryl methyl sites for hydroxylation is 2. The fraction of sp³-hybridized carbons (Fsp3) is 0.385. The fourth-order valence-corrected chi connectivity index (χ4v) is 2.15. The molecule has 2 rings (SSSR count). The third kappa shape index (κ3) is 2.16. The molecular formula is C13H16N2O2. The van der Waals surface area contributed by atoms with E-state index in [0.717, 1.165) is 23.2 Å². The van der Waals surface area contributed by atoms with Gasteiger partial charge in [-0.2, -0.15) is 0 Å². The molecule has 1 aromatic carbocycles. The fourth-order valence-electron chi connectivity index (χ4n) is 2.15. The number of anilines is 1. The molecule has 1 heterocycles. The third-order valence-electron chi connectivity index (χ3n) is 3.01. The zero-order valence-electron chi connectivity index (χ0n) is 10.1. The van der Waals surface area contributed by atoms with Crippen LogP contribution in [0.1, 0.15) is 18.1 Å². The number of carbonyl (C=O) groups is 2. The Kier molecular flexibility index (Phi) is 3.13. The first kappa shape index (κ1) is 11.6. The molecule has 4 heteroatoms. The summed E-state index contributed by atoms with van der Waals surface area (Å²) in [5.74, 6) is -0.150. The van der Waals surface area contributed by atoms with E-state index in [1.165, 1.54) is 0 Å². The second-order valence-corrected chi connectivity index (χ2v) is 4.19. The molecule has 17 heavy (non-hydrogen) atoms. The van der Waals surface area contributed by atoms with E-state index in [0.29, 0.717) is 0 Å². The van der Waals surface area contributed by atoms with Crippen molar-refractivity contribution < 1.29 is 9.59 Å². The molecule has 1 N–H and O–H groups in total. The summed E-state index contributed by atoms with van der Waals surface area (Å²) in [6, 6.07) is 5.95. The highest BCUT2D eigenvalue weighted by Crippen LogP contribution is 2.26. The monoisotopic (exact) mass is 232 g/mol. The van der Waals surface area contributed by atoms with Crippen molar-refractivity contribution >= 4 is 17.5 Å². The Labute approximate surface area is 101 Å². The largest absolute Gasteiger partial charge is 0.345 e. The number of carbonyl (C=O) groups excluding carboxylic acids is 2. The summed E-state index contributed by atoms with van der Waals surface area (Å²) in [6.45, 7) is 4.23. The zero-order chi connectivity index (χ0) is 12.4. The van der Waals surface area contributed by atoms with E-state index >= 15 is 0 Å². The molecule has 0 bridgehead atoms. The first-order chi connectivity index (χ1) is 8.13. The maximum atomic E-state index is 11.9. The Balaban J connectivity index is 2.44. The highest BCUT2D eigenvalue weighted by Gasteiger charge is 2.26. The molecule has 90 valence electrons. The standard InChI is InChI=1S/C13H16N2O2/c1-3-10-6-4-5-9(2)13(10)15-8-11(16)14-7-12(15)17/h4-6H,3,7-8H2,1-2H3,(H,14,16). The highest BCUT2D eigenvalue weighted by atomic mass is 16.2. The Morgan fingerprint density at radius 3 is 2.82 bits per heavy atom. The number of nitrogens with one attached hydrogen (secondary N) is 1. The van der Waals surface area contributed by atoms with Gasteiger partial charge in [-0.05, 0) is 24.5 Å². The van der Waals surface area contributed by atoms with Crippen LogP contribution in [0, 0.1) is 6.92 Å². The first-order valence-electron chi connectivity index (χ1n) is 5.79. The Hall–Kier alpha value is -1.84. The summed E-state index contributed by atoms with van der Waals surface area (Å²) >= 11 is 0. The van der Waals surface area contributed by atoms with Gasteiger partial charge in [-0.25, -0.2) is 0 Å². The maximum absolute atomic E-state index is 11.9. The number of amides is 2. The van der Waals surface area contributed by atoms with Gasteiger partial charge in [0.05, 0.1) is 12.2 Å². The van der Waals surface area contributed by atoms with Crippen LogP contribution in [0.5, 0.6) is 0 Å². The molecule has 0 saturated carbocycles. The molecule has 0 unspecified atom stereocenters. The van der Waals surface area contributed by atoms with Crippen LogP contribution in [0.15, 0.2) is 18.2 Å². The molecule has 4 nitrogen and oxygen atoms in total. The molecule has 0 aliphatic carbocycles. The Morgan fingerprint density at radius 1 is 1.35 bits per heavy atom. The predicted octanol–water partition coefficient (Wildman–Crippen LogP) is 1.02. The lowest BCUT2D eigenvalue weighted by molar-refractivity contribution is -0.128. The second-order valence-electron chi connectivity index (χ2n) is 4.19. The number of hydrogen-bond acceptors (Lipinski definition) is 2. The smallest absolute Gasteiger partial charge is 0.246 e. The van der Waals surface area contributed by atoms with Gasteiger partial charge < -0.3 is 10.2 Å². The third-order valence-corrected chi connectivity index (χ3v) is 3.01. The van der Waals surface area contributed by atoms with E-state index in [2.05, 4.69) is 5.32 Å². The molecule has 0 atom stereocenters. The van der Waals surface area contributed by atoms with Gasteiger partial charge in [-0.1, -0.05) is 25.1 Å². The molecule has 1 fully saturated rings. The molecule has 1 aromatic rings. The van der Waals surface area contributed by atoms with E-state index in [4.69, 9.17) is 0 Å². The molecule has 1 saturated heterocycles. The molecule has 1 aliphatic rings. The molecule has 2 amide bonds. The van der Waals surface area contributed by atoms with Gasteiger partial charge in [-0.3, -0.25) is 9.59 Å². The van der Waals surface area contributed by atoms with Crippen molar-refractivity contribution in [3.05, 3.63) is 29.3 Å². The van der Waals surface area contributed by atoms with Gasteiger partial charge in [-0.15, -0.1) is 0 Å². The van der Waals surface area contributed by atoms with E-state index in [9.17, 15) is 9.59 Å². The number of benzene rings is 1. The van der Waals surface area contributed by atoms with Crippen molar-refractivity contribution in [1.82, 2.24) is 5.32 Å². The van der Waals surface area contributed by atoms with Crippen LogP contribution < -0.4 is 10.2 Å². The molecule has 0 aromatic heterocycles. The maximum Gasteiger partial charge on any atom is 0.246 e. The average Bonchev–Trinajstić information content (AvgIpc) is 2.32. The van der Waals surface area contributed by atoms with E-state index in [1.807, 2.05) is 32.0 Å². The van der Waals surface area contributed by atoms with Gasteiger partial charge in [0, 0.05) is 0 Å². The van der Waals surface area contributed by atoms with Crippen LogP contribution in [-0.4, -0.2) is 24.9 Å². The highest BCUT2D eigenvalue weighted by molar-refractivity contribution is 6.05. The number of para-hydroxylation sites is 1. The van der Waals surface area contributed by atoms with Gasteiger partial charge in [0.15, 0.2) is 0 Å². The Morgan fingerprint density at radius 2 is 2.12 bits per heavy atom. The van der Waals surface area contributed by atoms with E-state index < -0.39 is 0 Å². The van der Waals surface area contributed by atoms with Crippen LogP contribution in [-0.2, 0) is 16.0 Å². The van der Waals surface area contributed by atoms with Gasteiger partial charge in [0.25, 0.3) is 0 Å². The number of piperazine rings is 1. The van der Waals surface area contributed by atoms with Crippen molar-refractivity contribution in [2.45, 2.75) is 20.3 Å². The number of nitrogens with zero attached hydrogens (tertiary/aromatic N) is 1. The van der Waals surface area contributed by atoms with Crippen LogP contribution in [0.3, 0.4) is 0 Å². The lowest BCUT2D eigenvalue weighted by Gasteiger charge is -2.29. The minimum absolute atomic E-state index is 0.0476. The van der Waals surface area contributed by atoms with Crippen molar-refractivity contribution in [2.75, 3.05) is 18.0 Å². The summed E-state index contributed by atoms with van der Waals surface area (Å²) in [4.78, 5) is 24.9. The van der Waals surface area contributed by atoms with Crippen LogP contribution in [0.2, 0.25) is 0 Å². The van der Waals surface area contributed by atoms with E-state index in [1.54, 1.807) is 4.90 Å². The van der Waals surface area contributed by atoms with Crippen molar-refractivity contribution in [3.8, 4) is 0 Å². The topological polar surface area (TPSA) is 49.4 Å². The average molecular weight is 232 g/mol. The van der Waals surface area contributed by atoms with Crippen molar-refractivity contribution in [3.63, 3.8) is 0 Å². The van der Waals surface area contributed by atoms with Crippen LogP contribution in [0.4, 0.5) is 5.69 Å². The van der Waals surface area contributed by atoms with Gasteiger partial charge in [0.1, 0.15) is 6.54 Å². The van der Waals surface area contributed by atoms with Crippen molar-refractivity contribution in [1.29, 1.82) is 0 Å². The molecule has 0 radical (unpaired) electrons. The van der Waals surface area contributed by atoms with E-state index in [-0.39, 0.29) is 24.9 Å². The minimum Gasteiger partial charge on any atom is -0.345 e. The summed E-state index contributed by atoms with van der Waals surface area (Å²) in [7, 11) is 0. The molecule has 1 aliphatic heterocycles. The lowest BCUT2D eigenvalue weighted by Crippen LogP contribution is -2.52. The Bertz CT molecular complexity index is 468. The minimum atomic E-state index is -0.102. The number of hydrogen-bond donors (Lipinski definition) is 1. The summed E-state index contributed by atoms with van der Waals surface area (Å²) < 4.78 is 0. The molecule has 0 spiro atoms. The summed E-state index contributed by atoms with van der Waals surface area (Å²) in [5.41, 5.74) is 3.04. The molecular weight excluding hydrogens is 216 g/mol. The summed E-state index contributed by atoms with van der Waals surface area (Å²) in [5, 5.41) is 2.56.